The lowest BCUT2D eigenvalue weighted by molar-refractivity contribution is 0.385. The second kappa shape index (κ2) is 58.4. The van der Waals surface area contributed by atoms with Crippen molar-refractivity contribution < 1.29 is 8.94 Å². The Hall–Kier alpha value is -4.64. The Morgan fingerprint density at radius 1 is 0.404 bits per heavy atom. The standard InChI is InChI=1S/C10H12.C9H11N.2C6H10N2O.3C6H10N2S.C6H12.3C4H10.3C2H6/c1-2-6-10-8-4-3-7-9(10)5-1;1-2-4-9-7-10-6-5-8(9)3-1;1-4(2)6-8-7-5(3)9-6;1-4(2)6-7-5(3)9-8-6;1-4(2)6-8-7-5(3)9-6;1-4(2)6-7-5(3)9-8-6;1-4(2)6-7-5(3)8-9-6;1-2-4-6-5-3-1;3*1-4(2)3;3*1-2/h1-2,5-6H,3-4,7-8H2;1-4,10H,5-7H2;5*4H,1-3H3;1-6H2;3*4H,1-3H3;3*1-2H3. The molecule has 89 heavy (non-hydrogen) atoms. The fourth-order valence-corrected chi connectivity index (χ4v) is 8.86. The molecule has 7 aromatic rings. The molecule has 0 unspecified atom stereocenters. The predicted octanol–water partition coefficient (Wildman–Crippen LogP) is 23.2. The van der Waals surface area contributed by atoms with Gasteiger partial charge >= 0.3 is 0 Å². The van der Waals surface area contributed by atoms with Gasteiger partial charge in [0.15, 0.2) is 5.82 Å². The number of fused-ring (bicyclic) bond motifs is 2. The van der Waals surface area contributed by atoms with Crippen molar-refractivity contribution in [2.45, 2.75) is 314 Å². The molecule has 16 heteroatoms. The van der Waals surface area contributed by atoms with Crippen molar-refractivity contribution in [3.63, 3.8) is 0 Å². The molecule has 6 heterocycles. The molecule has 10 rings (SSSR count). The van der Waals surface area contributed by atoms with Crippen molar-refractivity contribution in [2.75, 3.05) is 6.54 Å². The highest BCUT2D eigenvalue weighted by Gasteiger charge is 2.09. The number of nitrogens with zero attached hydrogens (tertiary/aromatic N) is 10. The highest BCUT2D eigenvalue weighted by Crippen LogP contribution is 2.21. The smallest absolute Gasteiger partial charge is 0.223 e. The van der Waals surface area contributed by atoms with Gasteiger partial charge in [-0.25, -0.2) is 9.97 Å². The van der Waals surface area contributed by atoms with E-state index < -0.39 is 0 Å². The molecule has 3 aliphatic rings. The SMILES string of the molecule is C1CCCCC1.CC.CC.CC.CC(C)C.CC(C)C.CC(C)C.Cc1nc(C(C)C)no1.Cc1nc(C(C)C)ns1.Cc1nnc(C(C)C)o1.Cc1nnc(C(C)C)s1.Cc1nsc(C(C)C)n1.c1ccc2c(c1)CCCC2.c1ccc2c(c1)CCNC2. The van der Waals surface area contributed by atoms with Crippen molar-refractivity contribution in [1.82, 2.24) is 54.6 Å². The molecular formula is C73H133N11O2S3. The summed E-state index contributed by atoms with van der Waals surface area (Å²) in [5, 5.41) is 26.9. The van der Waals surface area contributed by atoms with Crippen LogP contribution in [0.15, 0.2) is 57.5 Å². The van der Waals surface area contributed by atoms with Crippen LogP contribution in [0.25, 0.3) is 0 Å². The van der Waals surface area contributed by atoms with Gasteiger partial charge in [-0.2, -0.15) is 13.7 Å². The monoisotopic (exact) mass is 1290 g/mol. The summed E-state index contributed by atoms with van der Waals surface area (Å²) in [6.45, 7) is 63.9. The van der Waals surface area contributed by atoms with Crippen molar-refractivity contribution in [1.29, 1.82) is 0 Å². The summed E-state index contributed by atoms with van der Waals surface area (Å²) in [6, 6.07) is 17.4. The van der Waals surface area contributed by atoms with Crippen molar-refractivity contribution >= 4 is 34.4 Å². The Bertz CT molecular complexity index is 2210. The maximum atomic E-state index is 5.12. The van der Waals surface area contributed by atoms with Gasteiger partial charge in [-0.05, 0) is 122 Å². The second-order valence-corrected chi connectivity index (χ2v) is 27.6. The number of aromatic nitrogens is 10. The van der Waals surface area contributed by atoms with Crippen LogP contribution in [-0.2, 0) is 25.8 Å². The van der Waals surface area contributed by atoms with E-state index in [0.717, 1.165) is 68.3 Å². The van der Waals surface area contributed by atoms with Gasteiger partial charge in [-0.1, -0.05) is 265 Å². The molecule has 0 saturated heterocycles. The zero-order valence-electron chi connectivity index (χ0n) is 62.4. The largest absolute Gasteiger partial charge is 0.425 e. The normalized spacial score (nSPS) is 12.1. The topological polar surface area (TPSA) is 167 Å². The Kier molecular flexibility index (Phi) is 59.6. The van der Waals surface area contributed by atoms with Crippen LogP contribution in [0.2, 0.25) is 0 Å². The van der Waals surface area contributed by atoms with Crippen molar-refractivity contribution in [3.8, 4) is 0 Å². The molecule has 0 bridgehead atoms. The third-order valence-electron chi connectivity index (χ3n) is 11.0. The lowest BCUT2D eigenvalue weighted by atomic mass is 9.92. The van der Waals surface area contributed by atoms with Gasteiger partial charge in [0.2, 0.25) is 17.7 Å². The van der Waals surface area contributed by atoms with Crippen LogP contribution >= 0.6 is 34.4 Å². The minimum absolute atomic E-state index is 0.339. The molecule has 1 saturated carbocycles. The average Bonchev–Trinajstić information content (AvgIpc) is 4.62. The number of nitrogens with one attached hydrogen (secondary N) is 1. The first kappa shape index (κ1) is 90.8. The van der Waals surface area contributed by atoms with E-state index in [1.165, 1.54) is 105 Å². The Morgan fingerprint density at radius 3 is 1.09 bits per heavy atom. The fraction of sp³-hybridized carbons (Fsp3) is 0.699. The molecule has 2 aliphatic carbocycles. The lowest BCUT2D eigenvalue weighted by Crippen LogP contribution is -2.23. The predicted molar refractivity (Wildman–Crippen MR) is 391 cm³/mol. The van der Waals surface area contributed by atoms with Crippen LogP contribution in [0.4, 0.5) is 0 Å². The molecule has 5 aromatic heterocycles. The van der Waals surface area contributed by atoms with E-state index in [0.29, 0.717) is 47.3 Å². The van der Waals surface area contributed by atoms with Crippen LogP contribution in [0.5, 0.6) is 0 Å². The Labute approximate surface area is 559 Å². The molecule has 510 valence electrons. The molecule has 1 fully saturated rings. The van der Waals surface area contributed by atoms with E-state index in [9.17, 15) is 0 Å². The maximum absolute atomic E-state index is 5.12. The van der Waals surface area contributed by atoms with E-state index in [1.807, 2.05) is 90.0 Å². The first-order chi connectivity index (χ1) is 42.1. The van der Waals surface area contributed by atoms with Gasteiger partial charge in [0, 0.05) is 50.0 Å². The Morgan fingerprint density at radius 2 is 0.843 bits per heavy atom. The number of rotatable bonds is 5. The highest BCUT2D eigenvalue weighted by atomic mass is 32.1. The first-order valence-corrected chi connectivity index (χ1v) is 36.3. The van der Waals surface area contributed by atoms with Crippen molar-refractivity contribution in [3.05, 3.63) is 126 Å². The summed E-state index contributed by atoms with van der Waals surface area (Å²) < 4.78 is 18.1. The molecule has 0 amide bonds. The van der Waals surface area contributed by atoms with E-state index in [4.69, 9.17) is 8.94 Å². The number of hydrogen-bond acceptors (Lipinski definition) is 16. The minimum atomic E-state index is 0.339. The lowest BCUT2D eigenvalue weighted by Gasteiger charge is -2.15. The molecule has 1 aliphatic heterocycles. The molecule has 13 nitrogen and oxygen atoms in total. The van der Waals surface area contributed by atoms with Crippen LogP contribution < -0.4 is 5.32 Å². The molecule has 0 radical (unpaired) electrons. The zero-order chi connectivity index (χ0) is 68.9. The van der Waals surface area contributed by atoms with E-state index >= 15 is 0 Å². The molecular weight excluding hydrogens is 1160 g/mol. The van der Waals surface area contributed by atoms with E-state index in [-0.39, 0.29) is 0 Å². The number of hydrogen-bond donors (Lipinski definition) is 1. The van der Waals surface area contributed by atoms with Crippen LogP contribution in [0.1, 0.15) is 331 Å². The summed E-state index contributed by atoms with van der Waals surface area (Å²) in [7, 11) is 0. The first-order valence-electron chi connectivity index (χ1n) is 34.0. The maximum Gasteiger partial charge on any atom is 0.223 e. The summed E-state index contributed by atoms with van der Waals surface area (Å²) in [5.41, 5.74) is 6.14. The number of aryl methyl sites for hydroxylation is 7. The van der Waals surface area contributed by atoms with Crippen molar-refractivity contribution in [2.24, 2.45) is 17.8 Å². The van der Waals surface area contributed by atoms with Gasteiger partial charge in [0.05, 0.1) is 0 Å². The minimum Gasteiger partial charge on any atom is -0.425 e. The summed E-state index contributed by atoms with van der Waals surface area (Å²) in [6.07, 6.45) is 15.6. The van der Waals surface area contributed by atoms with Gasteiger partial charge in [-0.15, -0.1) is 31.7 Å². The molecule has 0 spiro atoms. The van der Waals surface area contributed by atoms with Gasteiger partial charge in [-0.3, -0.25) is 0 Å². The quantitative estimate of drug-likeness (QED) is 0.173. The molecule has 0 atom stereocenters. The van der Waals surface area contributed by atoms with Gasteiger partial charge in [0.1, 0.15) is 31.7 Å². The van der Waals surface area contributed by atoms with Crippen LogP contribution in [0, 0.1) is 52.4 Å². The van der Waals surface area contributed by atoms with Gasteiger partial charge in [0.25, 0.3) is 0 Å². The van der Waals surface area contributed by atoms with Gasteiger partial charge < -0.3 is 14.3 Å². The van der Waals surface area contributed by atoms with Crippen LogP contribution in [0.3, 0.4) is 0 Å². The molecule has 2 aromatic carbocycles. The van der Waals surface area contributed by atoms with E-state index in [2.05, 4.69) is 207 Å². The summed E-state index contributed by atoms with van der Waals surface area (Å²) in [5.74, 6) is 9.36. The third-order valence-corrected chi connectivity index (χ3v) is 13.9. The Balaban J connectivity index is -0.000000448. The fourth-order valence-electron chi connectivity index (χ4n) is 6.89. The highest BCUT2D eigenvalue weighted by molar-refractivity contribution is 7.11. The average molecular weight is 1290 g/mol. The third kappa shape index (κ3) is 52.7. The van der Waals surface area contributed by atoms with Crippen LogP contribution in [-0.4, -0.2) is 55.8 Å². The summed E-state index contributed by atoms with van der Waals surface area (Å²) in [4.78, 5) is 12.5. The second-order valence-electron chi connectivity index (χ2n) is 24.6. The van der Waals surface area contributed by atoms with E-state index in [1.54, 1.807) is 36.3 Å². The summed E-state index contributed by atoms with van der Waals surface area (Å²) >= 11 is 4.64. The zero-order valence-corrected chi connectivity index (χ0v) is 64.9. The number of benzene rings is 2. The molecule has 1 N–H and O–H groups in total.